The summed E-state index contributed by atoms with van der Waals surface area (Å²) in [5.41, 5.74) is 2.43. The largest absolute Gasteiger partial charge is 0.491 e. The number of aliphatic hydroxyl groups is 1. The second kappa shape index (κ2) is 11.8. The average Bonchev–Trinajstić information content (AvgIpc) is 3.32. The molecular formula is C24H34N4O2S. The number of likely N-dealkylation sites (tertiary alicyclic amines) is 2. The number of ether oxygens (including phenoxy) is 1. The number of aromatic nitrogens is 2. The molecule has 1 N–H and O–H groups in total. The summed E-state index contributed by atoms with van der Waals surface area (Å²) in [5.74, 6) is 2.35. The third kappa shape index (κ3) is 6.91. The van der Waals surface area contributed by atoms with Crippen LogP contribution in [-0.2, 0) is 6.54 Å². The van der Waals surface area contributed by atoms with Crippen molar-refractivity contribution in [2.24, 2.45) is 0 Å². The van der Waals surface area contributed by atoms with Crippen molar-refractivity contribution in [3.63, 3.8) is 0 Å². The van der Waals surface area contributed by atoms with Crippen LogP contribution >= 0.6 is 11.8 Å². The molecule has 2 fully saturated rings. The summed E-state index contributed by atoms with van der Waals surface area (Å²) >= 11 is 1.79. The van der Waals surface area contributed by atoms with E-state index in [9.17, 15) is 0 Å². The fourth-order valence-electron chi connectivity index (χ4n) is 4.52. The average molecular weight is 443 g/mol. The molecule has 2 aliphatic rings. The van der Waals surface area contributed by atoms with Gasteiger partial charge in [-0.3, -0.25) is 4.90 Å². The molecule has 7 heteroatoms. The van der Waals surface area contributed by atoms with Crippen LogP contribution < -0.4 is 4.74 Å². The Bertz CT molecular complexity index is 816. The second-order valence-electron chi connectivity index (χ2n) is 8.46. The molecule has 2 saturated heterocycles. The van der Waals surface area contributed by atoms with Gasteiger partial charge in [-0.15, -0.1) is 0 Å². The van der Waals surface area contributed by atoms with Crippen LogP contribution in [0.15, 0.2) is 41.7 Å². The maximum absolute atomic E-state index is 8.96. The lowest BCUT2D eigenvalue weighted by Gasteiger charge is -2.32. The third-order valence-corrected chi connectivity index (χ3v) is 6.92. The summed E-state index contributed by atoms with van der Waals surface area (Å²) in [6, 6.07) is 10.3. The number of piperidine rings is 1. The van der Waals surface area contributed by atoms with E-state index in [0.29, 0.717) is 12.5 Å². The number of aliphatic hydroxyl groups excluding tert-OH is 1. The van der Waals surface area contributed by atoms with E-state index in [1.54, 1.807) is 11.8 Å². The lowest BCUT2D eigenvalue weighted by molar-refractivity contribution is 0.195. The molecule has 1 aromatic heterocycles. The van der Waals surface area contributed by atoms with Crippen LogP contribution in [0.1, 0.15) is 42.9 Å². The molecule has 0 saturated carbocycles. The molecule has 2 aromatic rings. The first-order chi connectivity index (χ1) is 15.3. The molecule has 6 nitrogen and oxygen atoms in total. The highest BCUT2D eigenvalue weighted by Crippen LogP contribution is 2.28. The molecule has 168 valence electrons. The van der Waals surface area contributed by atoms with Gasteiger partial charge >= 0.3 is 0 Å². The second-order valence-corrected chi connectivity index (χ2v) is 9.52. The minimum atomic E-state index is 0.0372. The van der Waals surface area contributed by atoms with E-state index in [2.05, 4.69) is 33.0 Å². The van der Waals surface area contributed by atoms with Gasteiger partial charge in [0.1, 0.15) is 12.4 Å². The summed E-state index contributed by atoms with van der Waals surface area (Å²) in [4.78, 5) is 14.5. The van der Waals surface area contributed by atoms with E-state index >= 15 is 0 Å². The highest BCUT2D eigenvalue weighted by atomic mass is 32.2. The first-order valence-corrected chi connectivity index (χ1v) is 12.5. The highest BCUT2D eigenvalue weighted by molar-refractivity contribution is 7.99. The predicted octanol–water partition coefficient (Wildman–Crippen LogP) is 3.42. The number of nitrogens with zero attached hydrogens (tertiary/aromatic N) is 4. The van der Waals surface area contributed by atoms with Crippen molar-refractivity contribution in [3.05, 3.63) is 47.8 Å². The molecular weight excluding hydrogens is 408 g/mol. The van der Waals surface area contributed by atoms with E-state index in [4.69, 9.17) is 14.8 Å². The van der Waals surface area contributed by atoms with Gasteiger partial charge in [-0.05, 0) is 69.1 Å². The van der Waals surface area contributed by atoms with Crippen LogP contribution in [0.25, 0.3) is 0 Å². The molecule has 1 aromatic carbocycles. The molecule has 3 heterocycles. The van der Waals surface area contributed by atoms with Crippen molar-refractivity contribution in [2.45, 2.75) is 43.3 Å². The van der Waals surface area contributed by atoms with Gasteiger partial charge in [-0.25, -0.2) is 9.97 Å². The maximum atomic E-state index is 8.96. The van der Waals surface area contributed by atoms with E-state index in [-0.39, 0.29) is 6.61 Å². The third-order valence-electron chi connectivity index (χ3n) is 6.08. The van der Waals surface area contributed by atoms with Crippen molar-refractivity contribution in [1.29, 1.82) is 0 Å². The van der Waals surface area contributed by atoms with Gasteiger partial charge in [0.05, 0.1) is 6.61 Å². The maximum Gasteiger partial charge on any atom is 0.187 e. The Hall–Kier alpha value is -1.67. The highest BCUT2D eigenvalue weighted by Gasteiger charge is 2.23. The van der Waals surface area contributed by atoms with E-state index in [1.807, 2.05) is 18.3 Å². The quantitative estimate of drug-likeness (QED) is 0.447. The Kier molecular flexibility index (Phi) is 8.58. The molecule has 0 aliphatic carbocycles. The number of hydrogen-bond acceptors (Lipinski definition) is 7. The van der Waals surface area contributed by atoms with Gasteiger partial charge < -0.3 is 14.7 Å². The molecule has 0 amide bonds. The first kappa shape index (κ1) is 22.5. The summed E-state index contributed by atoms with van der Waals surface area (Å²) < 4.78 is 5.56. The molecule has 2 aliphatic heterocycles. The van der Waals surface area contributed by atoms with Crippen LogP contribution in [0.3, 0.4) is 0 Å². The Morgan fingerprint density at radius 3 is 2.84 bits per heavy atom. The summed E-state index contributed by atoms with van der Waals surface area (Å²) in [6.45, 7) is 7.05. The molecule has 31 heavy (non-hydrogen) atoms. The fraction of sp³-hybridized carbons (Fsp3) is 0.583. The standard InChI is InChI=1S/C24H34N4O2S/c29-14-15-30-22-7-3-5-20(17-22)18-28-12-4-6-21(19-28)23-8-9-25-24(26-23)31-16-13-27-10-1-2-11-27/h3,5,7-9,17,21,29H,1-2,4,6,10-16,18-19H2/t21-/m0/s1. The zero-order valence-corrected chi connectivity index (χ0v) is 19.1. The molecule has 0 spiro atoms. The van der Waals surface area contributed by atoms with Crippen molar-refractivity contribution in [3.8, 4) is 5.75 Å². The lowest BCUT2D eigenvalue weighted by atomic mass is 9.94. The molecule has 0 radical (unpaired) electrons. The van der Waals surface area contributed by atoms with E-state index in [1.165, 1.54) is 50.0 Å². The molecule has 0 bridgehead atoms. The van der Waals surface area contributed by atoms with Crippen LogP contribution in [0.2, 0.25) is 0 Å². The summed E-state index contributed by atoms with van der Waals surface area (Å²) in [7, 11) is 0. The minimum Gasteiger partial charge on any atom is -0.491 e. The SMILES string of the molecule is OCCOc1cccc(CN2CCC[C@H](c3ccnc(SCCN4CCCC4)n3)C2)c1. The van der Waals surface area contributed by atoms with Gasteiger partial charge in [0, 0.05) is 43.2 Å². The number of rotatable bonds is 10. The van der Waals surface area contributed by atoms with Crippen molar-refractivity contribution in [1.82, 2.24) is 19.8 Å². The topological polar surface area (TPSA) is 61.7 Å². The normalized spacial score (nSPS) is 20.2. The van der Waals surface area contributed by atoms with Crippen LogP contribution in [0.5, 0.6) is 5.75 Å². The predicted molar refractivity (Wildman–Crippen MR) is 125 cm³/mol. The summed E-state index contributed by atoms with van der Waals surface area (Å²) in [6.07, 6.45) is 6.99. The van der Waals surface area contributed by atoms with Gasteiger partial charge in [-0.1, -0.05) is 23.9 Å². The lowest BCUT2D eigenvalue weighted by Crippen LogP contribution is -2.34. The Labute approximate surface area is 190 Å². The van der Waals surface area contributed by atoms with Crippen molar-refractivity contribution in [2.75, 3.05) is 51.7 Å². The Balaban J connectivity index is 1.30. The minimum absolute atomic E-state index is 0.0372. The zero-order valence-electron chi connectivity index (χ0n) is 18.3. The van der Waals surface area contributed by atoms with E-state index < -0.39 is 0 Å². The fourth-order valence-corrected chi connectivity index (χ4v) is 5.36. The Morgan fingerprint density at radius 1 is 1.10 bits per heavy atom. The van der Waals surface area contributed by atoms with Crippen LogP contribution in [0, 0.1) is 0 Å². The van der Waals surface area contributed by atoms with Crippen LogP contribution in [-0.4, -0.2) is 76.6 Å². The van der Waals surface area contributed by atoms with Gasteiger partial charge in [0.2, 0.25) is 0 Å². The first-order valence-electron chi connectivity index (χ1n) is 11.5. The molecule has 1 atom stereocenters. The smallest absolute Gasteiger partial charge is 0.187 e. The van der Waals surface area contributed by atoms with Crippen molar-refractivity contribution >= 4 is 11.8 Å². The van der Waals surface area contributed by atoms with Gasteiger partial charge in [0.25, 0.3) is 0 Å². The number of hydrogen-bond donors (Lipinski definition) is 1. The summed E-state index contributed by atoms with van der Waals surface area (Å²) in [5, 5.41) is 9.88. The monoisotopic (exact) mass is 442 g/mol. The Morgan fingerprint density at radius 2 is 1.97 bits per heavy atom. The van der Waals surface area contributed by atoms with Gasteiger partial charge in [0.15, 0.2) is 5.16 Å². The van der Waals surface area contributed by atoms with E-state index in [0.717, 1.165) is 42.8 Å². The molecule has 4 rings (SSSR count). The number of benzene rings is 1. The zero-order chi connectivity index (χ0) is 21.3. The molecule has 0 unspecified atom stereocenters. The van der Waals surface area contributed by atoms with Crippen molar-refractivity contribution < 1.29 is 9.84 Å². The number of thioether (sulfide) groups is 1. The van der Waals surface area contributed by atoms with Crippen LogP contribution in [0.4, 0.5) is 0 Å². The van der Waals surface area contributed by atoms with Gasteiger partial charge in [-0.2, -0.15) is 0 Å².